The van der Waals surface area contributed by atoms with Crippen LogP contribution < -0.4 is 0 Å². The molecule has 0 saturated carbocycles. The lowest BCUT2D eigenvalue weighted by atomic mass is 10.1. The van der Waals surface area contributed by atoms with Gasteiger partial charge in [-0.2, -0.15) is 13.2 Å². The quantitative estimate of drug-likeness (QED) is 0.846. The molecular weight excluding hydrogens is 311 g/mol. The van der Waals surface area contributed by atoms with Crippen molar-refractivity contribution in [3.8, 4) is 0 Å². The van der Waals surface area contributed by atoms with E-state index < -0.39 is 24.4 Å². The summed E-state index contributed by atoms with van der Waals surface area (Å²) < 4.78 is 44.4. The van der Waals surface area contributed by atoms with Gasteiger partial charge in [0.05, 0.1) is 0 Å². The molecule has 1 amide bonds. The number of halogens is 3. The smallest absolute Gasteiger partial charge is 0.410 e. The molecule has 0 bridgehead atoms. The van der Waals surface area contributed by atoms with Gasteiger partial charge in [0.1, 0.15) is 18.4 Å². The maximum Gasteiger partial charge on any atom is 0.410 e. The zero-order valence-corrected chi connectivity index (χ0v) is 12.7. The first-order valence-corrected chi connectivity index (χ1v) is 7.34. The molecule has 0 aromatic heterocycles. The minimum Gasteiger partial charge on any atom is -0.445 e. The number of nitrogens with zero attached hydrogens (tertiary/aromatic N) is 1. The summed E-state index contributed by atoms with van der Waals surface area (Å²) in [6, 6.07) is 6.05. The summed E-state index contributed by atoms with van der Waals surface area (Å²) in [6.45, 7) is 1.20. The number of carbonyl (C=O) groups excluding carboxylic acids is 2. The monoisotopic (exact) mass is 329 g/mol. The molecule has 0 aliphatic carbocycles. The topological polar surface area (TPSA) is 46.6 Å². The van der Waals surface area contributed by atoms with Gasteiger partial charge in [-0.1, -0.05) is 30.3 Å². The van der Waals surface area contributed by atoms with Crippen LogP contribution in [0.2, 0.25) is 0 Å². The molecule has 0 unspecified atom stereocenters. The van der Waals surface area contributed by atoms with Crippen molar-refractivity contribution in [3.05, 3.63) is 35.9 Å². The average Bonchev–Trinajstić information content (AvgIpc) is 2.89. The zero-order valence-electron chi connectivity index (χ0n) is 12.7. The fourth-order valence-corrected chi connectivity index (χ4v) is 2.81. The number of Topliss-reactive ketones (excluding diaryl/α,β-unsaturated/α-hetero) is 1. The molecule has 126 valence electrons. The van der Waals surface area contributed by atoms with Crippen LogP contribution in [-0.2, 0) is 16.1 Å². The Bertz CT molecular complexity index is 559. The van der Waals surface area contributed by atoms with Crippen molar-refractivity contribution >= 4 is 11.9 Å². The third-order valence-corrected chi connectivity index (χ3v) is 3.82. The number of hydrogen-bond acceptors (Lipinski definition) is 3. The highest BCUT2D eigenvalue weighted by atomic mass is 19.4. The lowest BCUT2D eigenvalue weighted by Crippen LogP contribution is -2.48. The Balaban J connectivity index is 2.09. The molecule has 1 aromatic rings. The van der Waals surface area contributed by atoms with Gasteiger partial charge < -0.3 is 4.74 Å². The Morgan fingerprint density at radius 3 is 2.43 bits per heavy atom. The van der Waals surface area contributed by atoms with E-state index in [1.807, 2.05) is 0 Å². The maximum absolute atomic E-state index is 13.1. The summed E-state index contributed by atoms with van der Waals surface area (Å²) in [5, 5.41) is 0. The predicted molar refractivity (Wildman–Crippen MR) is 76.6 cm³/mol. The van der Waals surface area contributed by atoms with Crippen LogP contribution in [0.5, 0.6) is 0 Å². The van der Waals surface area contributed by atoms with E-state index in [-0.39, 0.29) is 31.7 Å². The molecule has 7 heteroatoms. The van der Waals surface area contributed by atoms with Gasteiger partial charge in [0.2, 0.25) is 0 Å². The van der Waals surface area contributed by atoms with Crippen LogP contribution in [0.25, 0.3) is 0 Å². The van der Waals surface area contributed by atoms with E-state index in [1.165, 1.54) is 6.92 Å². The van der Waals surface area contributed by atoms with Gasteiger partial charge in [-0.3, -0.25) is 9.69 Å². The number of benzene rings is 1. The number of amides is 1. The standard InChI is InChI=1S/C16H18F3NO3/c1-11(21)9-13-7-8-14(16(17,18)19)20(13)15(22)23-10-12-5-3-2-4-6-12/h2-6,13-14H,7-10H2,1H3/t13-,14-/m1/s1. The molecule has 23 heavy (non-hydrogen) atoms. The molecule has 0 radical (unpaired) electrons. The van der Waals surface area contributed by atoms with Gasteiger partial charge >= 0.3 is 12.3 Å². The SMILES string of the molecule is CC(=O)C[C@H]1CC[C@H](C(F)(F)F)N1C(=O)OCc1ccccc1. The predicted octanol–water partition coefficient (Wildman–Crippen LogP) is 3.70. The second kappa shape index (κ2) is 7.02. The fourth-order valence-electron chi connectivity index (χ4n) is 2.81. The van der Waals surface area contributed by atoms with Crippen LogP contribution in [0.15, 0.2) is 30.3 Å². The van der Waals surface area contributed by atoms with Gasteiger partial charge in [0, 0.05) is 12.5 Å². The summed E-state index contributed by atoms with van der Waals surface area (Å²) in [4.78, 5) is 24.1. The van der Waals surface area contributed by atoms with Gasteiger partial charge in [-0.25, -0.2) is 4.79 Å². The van der Waals surface area contributed by atoms with Gasteiger partial charge in [0.25, 0.3) is 0 Å². The lowest BCUT2D eigenvalue weighted by Gasteiger charge is -2.30. The molecule has 0 N–H and O–H groups in total. The molecule has 4 nitrogen and oxygen atoms in total. The van der Waals surface area contributed by atoms with Crippen molar-refractivity contribution in [1.29, 1.82) is 0 Å². The molecule has 1 aliphatic heterocycles. The number of carbonyl (C=O) groups is 2. The van der Waals surface area contributed by atoms with Crippen LogP contribution in [0.4, 0.5) is 18.0 Å². The van der Waals surface area contributed by atoms with E-state index in [4.69, 9.17) is 4.74 Å². The molecule has 1 fully saturated rings. The Hall–Kier alpha value is -2.05. The van der Waals surface area contributed by atoms with Crippen LogP contribution in [0.3, 0.4) is 0 Å². The third kappa shape index (κ3) is 4.46. The van der Waals surface area contributed by atoms with Crippen LogP contribution in [0.1, 0.15) is 31.7 Å². The molecule has 0 spiro atoms. The molecule has 1 aromatic carbocycles. The Morgan fingerprint density at radius 2 is 1.87 bits per heavy atom. The molecule has 1 saturated heterocycles. The lowest BCUT2D eigenvalue weighted by molar-refractivity contribution is -0.175. The Morgan fingerprint density at radius 1 is 1.22 bits per heavy atom. The summed E-state index contributed by atoms with van der Waals surface area (Å²) in [5.74, 6) is -0.251. The van der Waals surface area contributed by atoms with Crippen molar-refractivity contribution in [2.45, 2.75) is 51.1 Å². The van der Waals surface area contributed by atoms with E-state index in [0.29, 0.717) is 10.5 Å². The highest BCUT2D eigenvalue weighted by molar-refractivity contribution is 5.77. The van der Waals surface area contributed by atoms with Crippen molar-refractivity contribution in [2.75, 3.05) is 0 Å². The van der Waals surface area contributed by atoms with E-state index in [1.54, 1.807) is 30.3 Å². The Labute approximate surface area is 132 Å². The fraction of sp³-hybridized carbons (Fsp3) is 0.500. The number of likely N-dealkylation sites (tertiary alicyclic amines) is 1. The average molecular weight is 329 g/mol. The number of ketones is 1. The molecule has 1 heterocycles. The van der Waals surface area contributed by atoms with Gasteiger partial charge in [-0.05, 0) is 25.3 Å². The van der Waals surface area contributed by atoms with Crippen molar-refractivity contribution in [3.63, 3.8) is 0 Å². The van der Waals surface area contributed by atoms with Crippen molar-refractivity contribution < 1.29 is 27.5 Å². The minimum absolute atomic E-state index is 0.0903. The molecule has 2 rings (SSSR count). The molecular formula is C16H18F3NO3. The van der Waals surface area contributed by atoms with E-state index in [0.717, 1.165) is 0 Å². The minimum atomic E-state index is -4.53. The van der Waals surface area contributed by atoms with E-state index in [9.17, 15) is 22.8 Å². The number of alkyl halides is 3. The van der Waals surface area contributed by atoms with Crippen LogP contribution in [-0.4, -0.2) is 35.0 Å². The van der Waals surface area contributed by atoms with Crippen molar-refractivity contribution in [1.82, 2.24) is 4.90 Å². The number of rotatable bonds is 4. The second-order valence-electron chi connectivity index (χ2n) is 5.64. The first-order valence-electron chi connectivity index (χ1n) is 7.34. The molecule has 1 aliphatic rings. The Kier molecular flexibility index (Phi) is 5.28. The highest BCUT2D eigenvalue weighted by Crippen LogP contribution is 2.37. The number of ether oxygens (including phenoxy) is 1. The molecule has 2 atom stereocenters. The van der Waals surface area contributed by atoms with E-state index >= 15 is 0 Å². The summed E-state index contributed by atoms with van der Waals surface area (Å²) >= 11 is 0. The number of hydrogen-bond donors (Lipinski definition) is 0. The summed E-state index contributed by atoms with van der Waals surface area (Å²) in [7, 11) is 0. The zero-order chi connectivity index (χ0) is 17.0. The summed E-state index contributed by atoms with van der Waals surface area (Å²) in [6.07, 6.45) is -5.71. The normalized spacial score (nSPS) is 21.3. The van der Waals surface area contributed by atoms with Crippen LogP contribution >= 0.6 is 0 Å². The van der Waals surface area contributed by atoms with Crippen LogP contribution in [0, 0.1) is 0 Å². The van der Waals surface area contributed by atoms with Gasteiger partial charge in [0.15, 0.2) is 0 Å². The van der Waals surface area contributed by atoms with E-state index in [2.05, 4.69) is 0 Å². The second-order valence-corrected chi connectivity index (χ2v) is 5.64. The van der Waals surface area contributed by atoms with Gasteiger partial charge in [-0.15, -0.1) is 0 Å². The first kappa shape index (κ1) is 17.3. The largest absolute Gasteiger partial charge is 0.445 e. The third-order valence-electron chi connectivity index (χ3n) is 3.82. The first-order chi connectivity index (χ1) is 10.8. The maximum atomic E-state index is 13.1. The van der Waals surface area contributed by atoms with Crippen molar-refractivity contribution in [2.24, 2.45) is 0 Å². The highest BCUT2D eigenvalue weighted by Gasteiger charge is 2.52. The summed E-state index contributed by atoms with van der Waals surface area (Å²) in [5.41, 5.74) is 0.687.